The fourth-order valence-electron chi connectivity index (χ4n) is 2.24. The number of hydrogen-bond donors (Lipinski definition) is 2. The van der Waals surface area contributed by atoms with Crippen molar-refractivity contribution in [2.75, 3.05) is 25.0 Å². The van der Waals surface area contributed by atoms with Crippen LogP contribution in [0.1, 0.15) is 27.7 Å². The molecule has 0 spiro atoms. The van der Waals surface area contributed by atoms with Gasteiger partial charge in [-0.15, -0.1) is 24.8 Å². The van der Waals surface area contributed by atoms with Crippen LogP contribution in [0.4, 0.5) is 5.69 Å². The zero-order valence-electron chi connectivity index (χ0n) is 13.8. The van der Waals surface area contributed by atoms with Crippen molar-refractivity contribution in [1.29, 1.82) is 0 Å². The number of amides is 1. The number of hydrogen-bond acceptors (Lipinski definition) is 3. The Labute approximate surface area is 146 Å². The maximum atomic E-state index is 11.7. The second-order valence-electron chi connectivity index (χ2n) is 5.49. The van der Waals surface area contributed by atoms with Crippen molar-refractivity contribution in [1.82, 2.24) is 10.2 Å². The number of nitrogens with zero attached hydrogens (tertiary/aromatic N) is 1. The summed E-state index contributed by atoms with van der Waals surface area (Å²) in [6.07, 6.45) is 0. The highest BCUT2D eigenvalue weighted by Crippen LogP contribution is 2.04. The van der Waals surface area contributed by atoms with Gasteiger partial charge < -0.3 is 10.6 Å². The fraction of sp³-hybridized carbons (Fsp3) is 0.562. The van der Waals surface area contributed by atoms with Crippen LogP contribution < -0.4 is 10.6 Å². The van der Waals surface area contributed by atoms with Crippen LogP contribution in [0.3, 0.4) is 0 Å². The van der Waals surface area contributed by atoms with Crippen molar-refractivity contribution in [2.45, 2.75) is 39.8 Å². The van der Waals surface area contributed by atoms with Crippen molar-refractivity contribution in [3.05, 3.63) is 30.3 Å². The third-order valence-corrected chi connectivity index (χ3v) is 3.25. The van der Waals surface area contributed by atoms with Crippen LogP contribution in [-0.2, 0) is 4.79 Å². The average Bonchev–Trinajstić information content (AvgIpc) is 2.41. The minimum Gasteiger partial charge on any atom is -0.376 e. The molecule has 0 fully saturated rings. The maximum Gasteiger partial charge on any atom is 0.239 e. The molecule has 0 aromatic heterocycles. The number of halogens is 2. The summed E-state index contributed by atoms with van der Waals surface area (Å²) in [5.41, 5.74) is 0.966. The van der Waals surface area contributed by atoms with E-state index in [9.17, 15) is 4.79 Å². The van der Waals surface area contributed by atoms with Crippen molar-refractivity contribution in [3.8, 4) is 0 Å². The summed E-state index contributed by atoms with van der Waals surface area (Å²) in [6, 6.07) is 10.7. The highest BCUT2D eigenvalue weighted by Gasteiger charge is 2.12. The number of nitrogens with one attached hydrogen (secondary N) is 2. The largest absolute Gasteiger partial charge is 0.376 e. The molecule has 0 saturated carbocycles. The molecule has 22 heavy (non-hydrogen) atoms. The lowest BCUT2D eigenvalue weighted by molar-refractivity contribution is -0.119. The molecule has 0 bridgehead atoms. The molecule has 1 aromatic rings. The van der Waals surface area contributed by atoms with E-state index in [0.717, 1.165) is 12.2 Å². The lowest BCUT2D eigenvalue weighted by atomic mass is 10.2. The number of anilines is 1. The van der Waals surface area contributed by atoms with Gasteiger partial charge in [0.1, 0.15) is 0 Å². The van der Waals surface area contributed by atoms with Gasteiger partial charge in [0.2, 0.25) is 5.91 Å². The predicted octanol–water partition coefficient (Wildman–Crippen LogP) is 3.18. The highest BCUT2D eigenvalue weighted by molar-refractivity contribution is 5.85. The number of para-hydroxylation sites is 1. The highest BCUT2D eigenvalue weighted by atomic mass is 35.5. The Morgan fingerprint density at radius 1 is 1.05 bits per heavy atom. The molecule has 0 heterocycles. The molecule has 4 nitrogen and oxygen atoms in total. The molecule has 0 saturated heterocycles. The first-order chi connectivity index (χ1) is 9.50. The summed E-state index contributed by atoms with van der Waals surface area (Å²) in [6.45, 7) is 10.6. The van der Waals surface area contributed by atoms with E-state index < -0.39 is 0 Å². The van der Waals surface area contributed by atoms with Gasteiger partial charge >= 0.3 is 0 Å². The second-order valence-corrected chi connectivity index (χ2v) is 5.49. The van der Waals surface area contributed by atoms with Crippen LogP contribution in [0.15, 0.2) is 30.3 Å². The molecule has 128 valence electrons. The number of carbonyl (C=O) groups excluding carboxylic acids is 1. The van der Waals surface area contributed by atoms with Crippen LogP contribution in [0.25, 0.3) is 0 Å². The molecule has 1 rings (SSSR count). The van der Waals surface area contributed by atoms with Gasteiger partial charge in [0.25, 0.3) is 0 Å². The second kappa shape index (κ2) is 12.6. The van der Waals surface area contributed by atoms with Crippen LogP contribution in [0.2, 0.25) is 0 Å². The zero-order chi connectivity index (χ0) is 15.0. The predicted molar refractivity (Wildman–Crippen MR) is 99.4 cm³/mol. The topological polar surface area (TPSA) is 44.4 Å². The lowest BCUT2D eigenvalue weighted by Gasteiger charge is -2.30. The smallest absolute Gasteiger partial charge is 0.239 e. The Morgan fingerprint density at radius 3 is 2.09 bits per heavy atom. The summed E-state index contributed by atoms with van der Waals surface area (Å²) in [7, 11) is 0. The number of carbonyl (C=O) groups is 1. The maximum absolute atomic E-state index is 11.7. The molecule has 0 atom stereocenters. The van der Waals surface area contributed by atoms with E-state index >= 15 is 0 Å². The van der Waals surface area contributed by atoms with Gasteiger partial charge in [0.05, 0.1) is 6.54 Å². The van der Waals surface area contributed by atoms with Crippen molar-refractivity contribution >= 4 is 36.4 Å². The van der Waals surface area contributed by atoms with Crippen molar-refractivity contribution < 1.29 is 4.79 Å². The van der Waals surface area contributed by atoms with Crippen molar-refractivity contribution in [3.63, 3.8) is 0 Å². The van der Waals surface area contributed by atoms with Gasteiger partial charge in [-0.1, -0.05) is 18.2 Å². The van der Waals surface area contributed by atoms with E-state index in [0.29, 0.717) is 25.2 Å². The van der Waals surface area contributed by atoms with E-state index in [2.05, 4.69) is 43.2 Å². The average molecular weight is 350 g/mol. The van der Waals surface area contributed by atoms with Gasteiger partial charge in [-0.05, 0) is 39.8 Å². The Morgan fingerprint density at radius 2 is 1.59 bits per heavy atom. The monoisotopic (exact) mass is 349 g/mol. The third kappa shape index (κ3) is 9.13. The Hall–Kier alpha value is -0.970. The van der Waals surface area contributed by atoms with Crippen LogP contribution in [0, 0.1) is 0 Å². The first kappa shape index (κ1) is 23.3. The van der Waals surface area contributed by atoms with E-state index in [-0.39, 0.29) is 30.7 Å². The van der Waals surface area contributed by atoms with Crippen LogP contribution in [0.5, 0.6) is 0 Å². The Balaban J connectivity index is 0. The van der Waals surface area contributed by atoms with Gasteiger partial charge in [0.15, 0.2) is 0 Å². The van der Waals surface area contributed by atoms with E-state index in [1.807, 2.05) is 30.3 Å². The Bertz CT molecular complexity index is 392. The summed E-state index contributed by atoms with van der Waals surface area (Å²) >= 11 is 0. The molecule has 6 heteroatoms. The summed E-state index contributed by atoms with van der Waals surface area (Å²) in [5.74, 6) is 0.0290. The van der Waals surface area contributed by atoms with E-state index in [1.54, 1.807) is 0 Å². The van der Waals surface area contributed by atoms with Gasteiger partial charge in [0, 0.05) is 30.9 Å². The minimum absolute atomic E-state index is 0. The molecule has 0 radical (unpaired) electrons. The minimum atomic E-state index is 0. The molecule has 0 aliphatic heterocycles. The van der Waals surface area contributed by atoms with Gasteiger partial charge in [-0.25, -0.2) is 0 Å². The Kier molecular flexibility index (Phi) is 13.3. The molecule has 1 aromatic carbocycles. The fourth-order valence-corrected chi connectivity index (χ4v) is 2.24. The van der Waals surface area contributed by atoms with E-state index in [1.165, 1.54) is 0 Å². The van der Waals surface area contributed by atoms with Crippen LogP contribution in [-0.4, -0.2) is 42.5 Å². The number of benzene rings is 1. The molecule has 2 N–H and O–H groups in total. The first-order valence-electron chi connectivity index (χ1n) is 7.32. The summed E-state index contributed by atoms with van der Waals surface area (Å²) in [4.78, 5) is 14.1. The third-order valence-electron chi connectivity index (χ3n) is 3.25. The molecule has 1 amide bonds. The standard InChI is InChI=1S/C16H27N3O.2ClH/c1-13(2)19(14(3)4)11-10-17-16(20)12-18-15-8-6-5-7-9-15;;/h5-9,13-14,18H,10-12H2,1-4H3,(H,17,20);2*1H. The normalized spacial score (nSPS) is 10.1. The quantitative estimate of drug-likeness (QED) is 0.757. The first-order valence-corrected chi connectivity index (χ1v) is 7.32. The van der Waals surface area contributed by atoms with Gasteiger partial charge in [-0.2, -0.15) is 0 Å². The number of rotatable bonds is 8. The molecular formula is C16H29Cl2N3O. The SMILES string of the molecule is CC(C)N(CCNC(=O)CNc1ccccc1)C(C)C.Cl.Cl. The van der Waals surface area contributed by atoms with Gasteiger partial charge in [-0.3, -0.25) is 9.69 Å². The molecule has 0 aliphatic carbocycles. The van der Waals surface area contributed by atoms with Crippen molar-refractivity contribution in [2.24, 2.45) is 0 Å². The van der Waals surface area contributed by atoms with Crippen LogP contribution >= 0.6 is 24.8 Å². The molecule has 0 unspecified atom stereocenters. The molecule has 0 aliphatic rings. The lowest BCUT2D eigenvalue weighted by Crippen LogP contribution is -2.43. The zero-order valence-corrected chi connectivity index (χ0v) is 15.5. The summed E-state index contributed by atoms with van der Waals surface area (Å²) < 4.78 is 0. The van der Waals surface area contributed by atoms with E-state index in [4.69, 9.17) is 0 Å². The summed E-state index contributed by atoms with van der Waals surface area (Å²) in [5, 5.41) is 6.05. The molecular weight excluding hydrogens is 321 g/mol.